The second kappa shape index (κ2) is 3.78. The van der Waals surface area contributed by atoms with Crippen LogP contribution in [0, 0.1) is 11.7 Å². The fourth-order valence-corrected chi connectivity index (χ4v) is 1.74. The van der Waals surface area contributed by atoms with Gasteiger partial charge >= 0.3 is 0 Å². The molecule has 1 aromatic carbocycles. The van der Waals surface area contributed by atoms with E-state index in [2.05, 4.69) is 5.32 Å². The lowest BCUT2D eigenvalue weighted by molar-refractivity contribution is -0.122. The highest BCUT2D eigenvalue weighted by atomic mass is 19.1. The largest absolute Gasteiger partial charge is 0.356 e. The predicted octanol–water partition coefficient (Wildman–Crippen LogP) is 1.50. The first kappa shape index (κ1) is 9.19. The Morgan fingerprint density at radius 1 is 1.36 bits per heavy atom. The number of rotatable bonds is 2. The van der Waals surface area contributed by atoms with Crippen molar-refractivity contribution in [2.24, 2.45) is 5.92 Å². The summed E-state index contributed by atoms with van der Waals surface area (Å²) >= 11 is 0. The first-order chi connectivity index (χ1) is 6.75. The third-order valence-corrected chi connectivity index (χ3v) is 2.56. The van der Waals surface area contributed by atoms with Crippen molar-refractivity contribution in [2.75, 3.05) is 6.54 Å². The van der Waals surface area contributed by atoms with Crippen LogP contribution in [0.3, 0.4) is 0 Å². The van der Waals surface area contributed by atoms with E-state index in [0.29, 0.717) is 6.42 Å². The van der Waals surface area contributed by atoms with E-state index in [1.165, 1.54) is 12.1 Å². The minimum atomic E-state index is -0.232. The van der Waals surface area contributed by atoms with Crippen molar-refractivity contribution in [3.8, 4) is 0 Å². The molecule has 2 nitrogen and oxygen atoms in total. The van der Waals surface area contributed by atoms with Gasteiger partial charge in [-0.05, 0) is 30.5 Å². The molecule has 1 aliphatic rings. The smallest absolute Gasteiger partial charge is 0.223 e. The first-order valence-corrected chi connectivity index (χ1v) is 4.78. The maximum atomic E-state index is 12.6. The summed E-state index contributed by atoms with van der Waals surface area (Å²) in [5.74, 6) is -0.0422. The van der Waals surface area contributed by atoms with Crippen molar-refractivity contribution in [1.29, 1.82) is 0 Å². The summed E-state index contributed by atoms with van der Waals surface area (Å²) in [6.45, 7) is 0.769. The number of nitrogens with one attached hydrogen (secondary N) is 1. The molecule has 0 bridgehead atoms. The van der Waals surface area contributed by atoms with Crippen LogP contribution in [0.2, 0.25) is 0 Å². The van der Waals surface area contributed by atoms with Crippen LogP contribution in [0.5, 0.6) is 0 Å². The van der Waals surface area contributed by atoms with E-state index in [4.69, 9.17) is 0 Å². The van der Waals surface area contributed by atoms with Crippen LogP contribution in [-0.2, 0) is 11.2 Å². The fraction of sp³-hybridized carbons (Fsp3) is 0.364. The topological polar surface area (TPSA) is 29.1 Å². The molecule has 1 saturated heterocycles. The molecular weight excluding hydrogens is 181 g/mol. The van der Waals surface area contributed by atoms with Crippen LogP contribution in [0.15, 0.2) is 24.3 Å². The van der Waals surface area contributed by atoms with E-state index in [1.807, 2.05) is 0 Å². The summed E-state index contributed by atoms with van der Waals surface area (Å²) in [5, 5.41) is 2.79. The van der Waals surface area contributed by atoms with Crippen molar-refractivity contribution < 1.29 is 9.18 Å². The summed E-state index contributed by atoms with van der Waals surface area (Å²) in [6, 6.07) is 6.34. The predicted molar refractivity (Wildman–Crippen MR) is 51.2 cm³/mol. The molecule has 3 heteroatoms. The zero-order valence-corrected chi connectivity index (χ0v) is 7.79. The summed E-state index contributed by atoms with van der Waals surface area (Å²) in [4.78, 5) is 11.3. The molecule has 0 spiro atoms. The zero-order valence-electron chi connectivity index (χ0n) is 7.79. The molecular formula is C11H12FNO. The summed E-state index contributed by atoms with van der Waals surface area (Å²) in [7, 11) is 0. The highest BCUT2D eigenvalue weighted by Crippen LogP contribution is 2.16. The Morgan fingerprint density at radius 3 is 2.64 bits per heavy atom. The summed E-state index contributed by atoms with van der Waals surface area (Å²) in [5.41, 5.74) is 1.02. The van der Waals surface area contributed by atoms with Crippen LogP contribution >= 0.6 is 0 Å². The number of carbonyl (C=O) groups excluding carboxylic acids is 1. The van der Waals surface area contributed by atoms with Gasteiger partial charge in [-0.25, -0.2) is 4.39 Å². The van der Waals surface area contributed by atoms with Crippen LogP contribution in [0.1, 0.15) is 12.0 Å². The standard InChI is InChI=1S/C11H12FNO/c12-10-3-1-8(2-4-10)7-9-5-6-13-11(9)14/h1-4,9H,5-7H2,(H,13,14)/t9-/m0/s1. The molecule has 1 N–H and O–H groups in total. The number of benzene rings is 1. The van der Waals surface area contributed by atoms with Crippen molar-refractivity contribution >= 4 is 5.91 Å². The molecule has 1 amide bonds. The Bertz CT molecular complexity index is 334. The monoisotopic (exact) mass is 193 g/mol. The Balaban J connectivity index is 2.03. The van der Waals surface area contributed by atoms with Gasteiger partial charge in [-0.2, -0.15) is 0 Å². The number of hydrogen-bond donors (Lipinski definition) is 1. The van der Waals surface area contributed by atoms with E-state index in [9.17, 15) is 9.18 Å². The van der Waals surface area contributed by atoms with Gasteiger partial charge in [-0.3, -0.25) is 4.79 Å². The van der Waals surface area contributed by atoms with Crippen LogP contribution in [-0.4, -0.2) is 12.5 Å². The molecule has 2 rings (SSSR count). The SMILES string of the molecule is O=C1NCC[C@H]1Cc1ccc(F)cc1. The first-order valence-electron chi connectivity index (χ1n) is 4.78. The number of amides is 1. The maximum Gasteiger partial charge on any atom is 0.223 e. The minimum Gasteiger partial charge on any atom is -0.356 e. The highest BCUT2D eigenvalue weighted by molar-refractivity contribution is 5.80. The van der Waals surface area contributed by atoms with Crippen molar-refractivity contribution in [3.63, 3.8) is 0 Å². The maximum absolute atomic E-state index is 12.6. The molecule has 74 valence electrons. The van der Waals surface area contributed by atoms with E-state index in [1.54, 1.807) is 12.1 Å². The molecule has 1 aromatic rings. The molecule has 0 unspecified atom stereocenters. The molecule has 1 aliphatic heterocycles. The minimum absolute atomic E-state index is 0.0699. The van der Waals surface area contributed by atoms with E-state index in [-0.39, 0.29) is 17.6 Å². The number of carbonyl (C=O) groups is 1. The average molecular weight is 193 g/mol. The molecule has 14 heavy (non-hydrogen) atoms. The lowest BCUT2D eigenvalue weighted by atomic mass is 9.98. The second-order valence-electron chi connectivity index (χ2n) is 3.61. The van der Waals surface area contributed by atoms with Crippen LogP contribution < -0.4 is 5.32 Å². The quantitative estimate of drug-likeness (QED) is 0.757. The number of halogens is 1. The van der Waals surface area contributed by atoms with Gasteiger partial charge in [-0.1, -0.05) is 12.1 Å². The molecule has 1 atom stereocenters. The third kappa shape index (κ3) is 1.92. The Hall–Kier alpha value is -1.38. The van der Waals surface area contributed by atoms with Crippen LogP contribution in [0.4, 0.5) is 4.39 Å². The molecule has 1 fully saturated rings. The van der Waals surface area contributed by atoms with E-state index < -0.39 is 0 Å². The molecule has 0 aliphatic carbocycles. The molecule has 0 radical (unpaired) electrons. The molecule has 0 saturated carbocycles. The van der Waals surface area contributed by atoms with Gasteiger partial charge in [0.2, 0.25) is 5.91 Å². The normalized spacial score (nSPS) is 20.9. The van der Waals surface area contributed by atoms with Gasteiger partial charge in [-0.15, -0.1) is 0 Å². The van der Waals surface area contributed by atoms with Crippen molar-refractivity contribution in [1.82, 2.24) is 5.32 Å². The Morgan fingerprint density at radius 2 is 2.07 bits per heavy atom. The molecule has 1 heterocycles. The van der Waals surface area contributed by atoms with Gasteiger partial charge in [0.15, 0.2) is 0 Å². The highest BCUT2D eigenvalue weighted by Gasteiger charge is 2.23. The molecule has 0 aromatic heterocycles. The van der Waals surface area contributed by atoms with Crippen molar-refractivity contribution in [3.05, 3.63) is 35.6 Å². The van der Waals surface area contributed by atoms with E-state index in [0.717, 1.165) is 18.5 Å². The van der Waals surface area contributed by atoms with Crippen LogP contribution in [0.25, 0.3) is 0 Å². The zero-order chi connectivity index (χ0) is 9.97. The van der Waals surface area contributed by atoms with Crippen molar-refractivity contribution in [2.45, 2.75) is 12.8 Å². The Kier molecular flexibility index (Phi) is 2.48. The lowest BCUT2D eigenvalue weighted by Gasteiger charge is -2.05. The number of hydrogen-bond acceptors (Lipinski definition) is 1. The average Bonchev–Trinajstić information content (AvgIpc) is 2.56. The fourth-order valence-electron chi connectivity index (χ4n) is 1.74. The summed E-state index contributed by atoms with van der Waals surface area (Å²) in [6.07, 6.45) is 1.60. The Labute approximate surface area is 82.1 Å². The second-order valence-corrected chi connectivity index (χ2v) is 3.61. The van der Waals surface area contributed by atoms with Gasteiger partial charge in [0.05, 0.1) is 0 Å². The van der Waals surface area contributed by atoms with E-state index >= 15 is 0 Å². The van der Waals surface area contributed by atoms with Gasteiger partial charge in [0.25, 0.3) is 0 Å². The third-order valence-electron chi connectivity index (χ3n) is 2.56. The lowest BCUT2D eigenvalue weighted by Crippen LogP contribution is -2.20. The summed E-state index contributed by atoms with van der Waals surface area (Å²) < 4.78 is 12.6. The van der Waals surface area contributed by atoms with Gasteiger partial charge in [0, 0.05) is 12.5 Å². The van der Waals surface area contributed by atoms with Gasteiger partial charge < -0.3 is 5.32 Å². The van der Waals surface area contributed by atoms with Gasteiger partial charge in [0.1, 0.15) is 5.82 Å².